The zero-order valence-electron chi connectivity index (χ0n) is 17.1. The molecule has 0 spiro atoms. The van der Waals surface area contributed by atoms with Crippen molar-refractivity contribution in [2.75, 3.05) is 31.1 Å². The minimum Gasteiger partial charge on any atom is -0.439 e. The van der Waals surface area contributed by atoms with Gasteiger partial charge in [-0.05, 0) is 37.0 Å². The van der Waals surface area contributed by atoms with Gasteiger partial charge in [-0.3, -0.25) is 4.79 Å². The molecule has 8 nitrogen and oxygen atoms in total. The average molecular weight is 425 g/mol. The number of piperazine rings is 1. The third-order valence-electron chi connectivity index (χ3n) is 4.89. The number of hydrogen-bond donors (Lipinski definition) is 0. The molecule has 3 heterocycles. The van der Waals surface area contributed by atoms with Crippen molar-refractivity contribution in [1.29, 1.82) is 0 Å². The number of anilines is 1. The molecule has 2 aromatic heterocycles. The lowest BCUT2D eigenvalue weighted by molar-refractivity contribution is 0.0750. The predicted octanol–water partition coefficient (Wildman–Crippen LogP) is 3.34. The van der Waals surface area contributed by atoms with Crippen LogP contribution in [-0.2, 0) is 6.42 Å². The van der Waals surface area contributed by atoms with Gasteiger partial charge in [-0.1, -0.05) is 36.0 Å². The molecule has 1 aliphatic heterocycles. The maximum Gasteiger partial charge on any atom is 0.267 e. The first-order valence-electron chi connectivity index (χ1n) is 10.1. The van der Waals surface area contributed by atoms with Crippen LogP contribution in [-0.4, -0.2) is 56.5 Å². The van der Waals surface area contributed by atoms with Crippen molar-refractivity contribution in [2.24, 2.45) is 0 Å². The number of benzene rings is 1. The Hall–Kier alpha value is -3.07. The lowest BCUT2D eigenvalue weighted by Gasteiger charge is -2.35. The van der Waals surface area contributed by atoms with E-state index in [-0.39, 0.29) is 5.91 Å². The smallest absolute Gasteiger partial charge is 0.267 e. The average Bonchev–Trinajstić information content (AvgIpc) is 3.22. The molecule has 0 bridgehead atoms. The molecular weight excluding hydrogens is 400 g/mol. The van der Waals surface area contributed by atoms with Crippen LogP contribution in [0.25, 0.3) is 0 Å². The Labute approximate surface area is 179 Å². The van der Waals surface area contributed by atoms with Crippen LogP contribution < -0.4 is 9.64 Å². The highest BCUT2D eigenvalue weighted by Crippen LogP contribution is 2.24. The number of carbonyl (C=O) groups excluding carboxylic acids is 1. The Morgan fingerprint density at radius 2 is 1.90 bits per heavy atom. The van der Waals surface area contributed by atoms with E-state index in [1.807, 2.05) is 48.2 Å². The van der Waals surface area contributed by atoms with E-state index >= 15 is 0 Å². The number of nitrogens with zero attached hydrogens (tertiary/aromatic N) is 6. The van der Waals surface area contributed by atoms with E-state index < -0.39 is 0 Å². The molecule has 0 N–H and O–H groups in total. The molecule has 1 aromatic carbocycles. The summed E-state index contributed by atoms with van der Waals surface area (Å²) in [5.74, 6) is 2.74. The van der Waals surface area contributed by atoms with Crippen molar-refractivity contribution in [3.8, 4) is 11.6 Å². The summed E-state index contributed by atoms with van der Waals surface area (Å²) in [5, 5.41) is 4.12. The predicted molar refractivity (Wildman–Crippen MR) is 115 cm³/mol. The standard InChI is InChI=1S/C21H24N6O2S/c1-3-7-17-20(30-25-24-17)21(28)27-12-10-26(11-13-27)18-14-19(23-15(2)22-18)29-16-8-5-4-6-9-16/h4-6,8-9,14H,3,7,10-13H2,1-2H3. The molecular formula is C21H24N6O2S. The van der Waals surface area contributed by atoms with Crippen LogP contribution in [0.4, 0.5) is 5.82 Å². The summed E-state index contributed by atoms with van der Waals surface area (Å²) in [5.41, 5.74) is 0.809. The molecule has 0 saturated carbocycles. The van der Waals surface area contributed by atoms with Gasteiger partial charge < -0.3 is 14.5 Å². The molecule has 30 heavy (non-hydrogen) atoms. The van der Waals surface area contributed by atoms with E-state index in [2.05, 4.69) is 31.4 Å². The lowest BCUT2D eigenvalue weighted by atomic mass is 10.2. The quantitative estimate of drug-likeness (QED) is 0.600. The summed E-state index contributed by atoms with van der Waals surface area (Å²) in [7, 11) is 0. The molecule has 0 radical (unpaired) electrons. The molecule has 156 valence electrons. The largest absolute Gasteiger partial charge is 0.439 e. The topological polar surface area (TPSA) is 84.3 Å². The minimum absolute atomic E-state index is 0.0278. The first-order chi connectivity index (χ1) is 14.6. The number of rotatable bonds is 6. The van der Waals surface area contributed by atoms with Crippen LogP contribution in [0.2, 0.25) is 0 Å². The highest BCUT2D eigenvalue weighted by molar-refractivity contribution is 7.08. The molecule has 3 aromatic rings. The van der Waals surface area contributed by atoms with Crippen molar-refractivity contribution in [3.05, 3.63) is 52.8 Å². The highest BCUT2D eigenvalue weighted by Gasteiger charge is 2.26. The van der Waals surface area contributed by atoms with E-state index in [0.29, 0.717) is 42.8 Å². The second-order valence-electron chi connectivity index (χ2n) is 7.10. The van der Waals surface area contributed by atoms with Crippen LogP contribution in [0, 0.1) is 6.92 Å². The minimum atomic E-state index is 0.0278. The van der Waals surface area contributed by atoms with E-state index in [0.717, 1.165) is 30.1 Å². The van der Waals surface area contributed by atoms with Gasteiger partial charge in [-0.25, -0.2) is 4.98 Å². The Bertz CT molecular complexity index is 1000. The first-order valence-corrected chi connectivity index (χ1v) is 10.9. The highest BCUT2D eigenvalue weighted by atomic mass is 32.1. The van der Waals surface area contributed by atoms with Gasteiger partial charge in [0.05, 0.1) is 5.69 Å². The van der Waals surface area contributed by atoms with Crippen LogP contribution in [0.3, 0.4) is 0 Å². The number of para-hydroxylation sites is 1. The second kappa shape index (κ2) is 9.17. The number of ether oxygens (including phenoxy) is 1. The van der Waals surface area contributed by atoms with Crippen molar-refractivity contribution >= 4 is 23.3 Å². The zero-order valence-corrected chi connectivity index (χ0v) is 17.9. The lowest BCUT2D eigenvalue weighted by Crippen LogP contribution is -2.49. The van der Waals surface area contributed by atoms with Gasteiger partial charge in [0.15, 0.2) is 0 Å². The van der Waals surface area contributed by atoms with Crippen molar-refractivity contribution < 1.29 is 9.53 Å². The Morgan fingerprint density at radius 1 is 1.13 bits per heavy atom. The summed E-state index contributed by atoms with van der Waals surface area (Å²) in [4.78, 5) is 26.6. The summed E-state index contributed by atoms with van der Waals surface area (Å²) < 4.78 is 9.86. The molecule has 0 aliphatic carbocycles. The van der Waals surface area contributed by atoms with Gasteiger partial charge in [0.1, 0.15) is 22.3 Å². The van der Waals surface area contributed by atoms with Gasteiger partial charge in [0.2, 0.25) is 5.88 Å². The molecule has 1 fully saturated rings. The molecule has 1 aliphatic rings. The molecule has 0 unspecified atom stereocenters. The van der Waals surface area contributed by atoms with Crippen LogP contribution in [0.5, 0.6) is 11.6 Å². The van der Waals surface area contributed by atoms with Crippen LogP contribution in [0.15, 0.2) is 36.4 Å². The molecule has 0 atom stereocenters. The summed E-state index contributed by atoms with van der Waals surface area (Å²) in [6.45, 7) is 6.57. The van der Waals surface area contributed by atoms with Gasteiger partial charge in [-0.15, -0.1) is 5.10 Å². The third kappa shape index (κ3) is 4.56. The third-order valence-corrected chi connectivity index (χ3v) is 5.65. The normalized spacial score (nSPS) is 14.1. The van der Waals surface area contributed by atoms with Gasteiger partial charge in [0.25, 0.3) is 5.91 Å². The van der Waals surface area contributed by atoms with Crippen molar-refractivity contribution in [2.45, 2.75) is 26.7 Å². The molecule has 9 heteroatoms. The fraction of sp³-hybridized carbons (Fsp3) is 0.381. The van der Waals surface area contributed by atoms with E-state index in [1.165, 1.54) is 11.5 Å². The van der Waals surface area contributed by atoms with Gasteiger partial charge in [0, 0.05) is 32.2 Å². The van der Waals surface area contributed by atoms with E-state index in [1.54, 1.807) is 0 Å². The Balaban J connectivity index is 1.42. The van der Waals surface area contributed by atoms with Gasteiger partial charge in [-0.2, -0.15) is 4.98 Å². The van der Waals surface area contributed by atoms with Crippen molar-refractivity contribution in [1.82, 2.24) is 24.5 Å². The molecule has 1 saturated heterocycles. The second-order valence-corrected chi connectivity index (χ2v) is 7.86. The number of aromatic nitrogens is 4. The Morgan fingerprint density at radius 3 is 2.63 bits per heavy atom. The zero-order chi connectivity index (χ0) is 20.9. The van der Waals surface area contributed by atoms with Crippen molar-refractivity contribution in [3.63, 3.8) is 0 Å². The van der Waals surface area contributed by atoms with Gasteiger partial charge >= 0.3 is 0 Å². The summed E-state index contributed by atoms with van der Waals surface area (Å²) >= 11 is 1.19. The number of aryl methyl sites for hydroxylation is 2. The maximum absolute atomic E-state index is 12.9. The van der Waals surface area contributed by atoms with E-state index in [9.17, 15) is 4.79 Å². The molecule has 1 amide bonds. The fourth-order valence-corrected chi connectivity index (χ4v) is 4.08. The number of hydrogen-bond acceptors (Lipinski definition) is 8. The number of carbonyl (C=O) groups is 1. The monoisotopic (exact) mass is 424 g/mol. The summed E-state index contributed by atoms with van der Waals surface area (Å²) in [6, 6.07) is 11.4. The fourth-order valence-electron chi connectivity index (χ4n) is 3.40. The van der Waals surface area contributed by atoms with E-state index in [4.69, 9.17) is 4.74 Å². The first kappa shape index (κ1) is 20.2. The SMILES string of the molecule is CCCc1nnsc1C(=O)N1CCN(c2cc(Oc3ccccc3)nc(C)n2)CC1. The molecule has 4 rings (SSSR count). The maximum atomic E-state index is 12.9. The van der Waals surface area contributed by atoms with Crippen LogP contribution >= 0.6 is 11.5 Å². The van der Waals surface area contributed by atoms with Crippen LogP contribution in [0.1, 0.15) is 34.5 Å². The summed E-state index contributed by atoms with van der Waals surface area (Å²) in [6.07, 6.45) is 1.72. The Kier molecular flexibility index (Phi) is 6.18. The number of amides is 1.